The molecule has 2 rings (SSSR count). The van der Waals surface area contributed by atoms with Crippen molar-refractivity contribution in [3.8, 4) is 0 Å². The second kappa shape index (κ2) is 3.27. The minimum atomic E-state index is 0.0225. The number of nitrogens with one attached hydrogen (secondary N) is 1. The van der Waals surface area contributed by atoms with Gasteiger partial charge in [0.2, 0.25) is 5.78 Å². The van der Waals surface area contributed by atoms with Crippen molar-refractivity contribution in [1.82, 2.24) is 5.32 Å². The van der Waals surface area contributed by atoms with Crippen LogP contribution in [0.15, 0.2) is 11.8 Å². The molecule has 1 N–H and O–H groups in total. The molecule has 66 valence electrons. The third-order valence-corrected chi connectivity index (χ3v) is 2.32. The number of Topliss-reactive ketones (excluding diaryl/α,β-unsaturated/α-hetero) is 1. The van der Waals surface area contributed by atoms with Crippen LogP contribution in [-0.4, -0.2) is 25.0 Å². The van der Waals surface area contributed by atoms with Gasteiger partial charge in [-0.15, -0.1) is 0 Å². The third kappa shape index (κ3) is 1.37. The van der Waals surface area contributed by atoms with Gasteiger partial charge in [-0.3, -0.25) is 4.79 Å². The minimum Gasteiger partial charge on any atom is -0.490 e. The van der Waals surface area contributed by atoms with Gasteiger partial charge in [0.15, 0.2) is 5.76 Å². The van der Waals surface area contributed by atoms with Gasteiger partial charge in [-0.2, -0.15) is 0 Å². The molecule has 12 heavy (non-hydrogen) atoms. The maximum Gasteiger partial charge on any atom is 0.213 e. The molecule has 1 unspecified atom stereocenters. The second-order valence-corrected chi connectivity index (χ2v) is 3.22. The van der Waals surface area contributed by atoms with Crippen LogP contribution in [0.5, 0.6) is 0 Å². The number of hydrogen-bond acceptors (Lipinski definition) is 3. The SMILES string of the molecule is O=C(C1=CCCO1)C1CCCN1. The summed E-state index contributed by atoms with van der Waals surface area (Å²) in [6, 6.07) is 0.0225. The second-order valence-electron chi connectivity index (χ2n) is 3.22. The number of rotatable bonds is 2. The van der Waals surface area contributed by atoms with Gasteiger partial charge in [-0.1, -0.05) is 0 Å². The van der Waals surface area contributed by atoms with Gasteiger partial charge < -0.3 is 10.1 Å². The highest BCUT2D eigenvalue weighted by atomic mass is 16.5. The minimum absolute atomic E-state index is 0.0225. The van der Waals surface area contributed by atoms with Crippen LogP contribution in [-0.2, 0) is 9.53 Å². The maximum atomic E-state index is 11.6. The Kier molecular flexibility index (Phi) is 2.13. The van der Waals surface area contributed by atoms with E-state index in [1.165, 1.54) is 0 Å². The van der Waals surface area contributed by atoms with Crippen LogP contribution in [0.1, 0.15) is 19.3 Å². The molecule has 2 heterocycles. The first-order valence-corrected chi connectivity index (χ1v) is 4.48. The fraction of sp³-hybridized carbons (Fsp3) is 0.667. The quantitative estimate of drug-likeness (QED) is 0.655. The molecule has 1 atom stereocenters. The van der Waals surface area contributed by atoms with Crippen molar-refractivity contribution in [3.63, 3.8) is 0 Å². The van der Waals surface area contributed by atoms with E-state index in [-0.39, 0.29) is 11.8 Å². The van der Waals surface area contributed by atoms with E-state index in [4.69, 9.17) is 4.74 Å². The molecular weight excluding hydrogens is 154 g/mol. The predicted octanol–water partition coefficient (Wildman–Crippen LogP) is 0.612. The molecule has 0 aromatic carbocycles. The highest BCUT2D eigenvalue weighted by Crippen LogP contribution is 2.16. The molecule has 1 fully saturated rings. The normalized spacial score (nSPS) is 28.3. The Labute approximate surface area is 71.8 Å². The largest absolute Gasteiger partial charge is 0.490 e. The van der Waals surface area contributed by atoms with Gasteiger partial charge in [0.1, 0.15) is 0 Å². The van der Waals surface area contributed by atoms with Crippen molar-refractivity contribution in [2.24, 2.45) is 0 Å². The fourth-order valence-electron chi connectivity index (χ4n) is 1.67. The molecule has 0 radical (unpaired) electrons. The Bertz CT molecular complexity index is 217. The Balaban J connectivity index is 1.98. The molecule has 1 saturated heterocycles. The lowest BCUT2D eigenvalue weighted by Crippen LogP contribution is -2.31. The highest BCUT2D eigenvalue weighted by molar-refractivity contribution is 5.98. The predicted molar refractivity (Wildman–Crippen MR) is 44.7 cm³/mol. The monoisotopic (exact) mass is 167 g/mol. The Hall–Kier alpha value is -0.830. The van der Waals surface area contributed by atoms with Crippen LogP contribution in [0.3, 0.4) is 0 Å². The van der Waals surface area contributed by atoms with Crippen LogP contribution >= 0.6 is 0 Å². The lowest BCUT2D eigenvalue weighted by Gasteiger charge is -2.08. The van der Waals surface area contributed by atoms with Crippen LogP contribution in [0.25, 0.3) is 0 Å². The average molecular weight is 167 g/mol. The molecule has 0 saturated carbocycles. The lowest BCUT2D eigenvalue weighted by molar-refractivity contribution is -0.120. The van der Waals surface area contributed by atoms with E-state index in [0.29, 0.717) is 12.4 Å². The first kappa shape index (κ1) is 7.80. The molecular formula is C9H13NO2. The lowest BCUT2D eigenvalue weighted by atomic mass is 10.1. The fourth-order valence-corrected chi connectivity index (χ4v) is 1.67. The van der Waals surface area contributed by atoms with Crippen LogP contribution in [0.2, 0.25) is 0 Å². The summed E-state index contributed by atoms with van der Waals surface area (Å²) >= 11 is 0. The van der Waals surface area contributed by atoms with E-state index in [0.717, 1.165) is 25.8 Å². The molecule has 2 aliphatic rings. The van der Waals surface area contributed by atoms with Crippen molar-refractivity contribution < 1.29 is 9.53 Å². The van der Waals surface area contributed by atoms with Crippen molar-refractivity contribution in [1.29, 1.82) is 0 Å². The van der Waals surface area contributed by atoms with Crippen LogP contribution in [0, 0.1) is 0 Å². The summed E-state index contributed by atoms with van der Waals surface area (Å²) in [7, 11) is 0. The molecule has 0 amide bonds. The summed E-state index contributed by atoms with van der Waals surface area (Å²) < 4.78 is 5.20. The maximum absolute atomic E-state index is 11.6. The van der Waals surface area contributed by atoms with Crippen molar-refractivity contribution in [2.45, 2.75) is 25.3 Å². The van der Waals surface area contributed by atoms with Gasteiger partial charge in [-0.05, 0) is 25.5 Å². The molecule has 0 spiro atoms. The average Bonchev–Trinajstić information content (AvgIpc) is 2.77. The molecule has 0 aliphatic carbocycles. The molecule has 2 aliphatic heterocycles. The van der Waals surface area contributed by atoms with E-state index in [9.17, 15) is 4.79 Å². The van der Waals surface area contributed by atoms with E-state index in [1.807, 2.05) is 6.08 Å². The number of ketones is 1. The Morgan fingerprint density at radius 2 is 2.58 bits per heavy atom. The van der Waals surface area contributed by atoms with Crippen molar-refractivity contribution >= 4 is 5.78 Å². The summed E-state index contributed by atoms with van der Waals surface area (Å²) in [4.78, 5) is 11.6. The molecule has 0 aromatic heterocycles. The first-order valence-electron chi connectivity index (χ1n) is 4.48. The number of carbonyl (C=O) groups excluding carboxylic acids is 1. The molecule has 3 nitrogen and oxygen atoms in total. The molecule has 0 bridgehead atoms. The first-order chi connectivity index (χ1) is 5.88. The van der Waals surface area contributed by atoms with Crippen molar-refractivity contribution in [3.05, 3.63) is 11.8 Å². The summed E-state index contributed by atoms with van der Waals surface area (Å²) in [5.41, 5.74) is 0. The zero-order valence-electron chi connectivity index (χ0n) is 7.01. The third-order valence-electron chi connectivity index (χ3n) is 2.32. The molecule has 3 heteroatoms. The van der Waals surface area contributed by atoms with E-state index in [2.05, 4.69) is 5.32 Å². The van der Waals surface area contributed by atoms with E-state index in [1.54, 1.807) is 0 Å². The van der Waals surface area contributed by atoms with Gasteiger partial charge >= 0.3 is 0 Å². The smallest absolute Gasteiger partial charge is 0.213 e. The summed E-state index contributed by atoms with van der Waals surface area (Å²) in [6.07, 6.45) is 4.83. The Morgan fingerprint density at radius 1 is 1.67 bits per heavy atom. The van der Waals surface area contributed by atoms with E-state index >= 15 is 0 Å². The number of hydrogen-bond donors (Lipinski definition) is 1. The molecule has 0 aromatic rings. The summed E-state index contributed by atoms with van der Waals surface area (Å²) in [5, 5.41) is 3.16. The standard InChI is InChI=1S/C9H13NO2/c11-9(7-3-1-5-10-7)8-4-2-6-12-8/h4,7,10H,1-3,5-6H2. The van der Waals surface area contributed by atoms with Crippen LogP contribution in [0.4, 0.5) is 0 Å². The van der Waals surface area contributed by atoms with Crippen LogP contribution < -0.4 is 5.32 Å². The van der Waals surface area contributed by atoms with Crippen molar-refractivity contribution in [2.75, 3.05) is 13.2 Å². The topological polar surface area (TPSA) is 38.3 Å². The number of carbonyl (C=O) groups is 1. The van der Waals surface area contributed by atoms with Gasteiger partial charge in [0.05, 0.1) is 12.6 Å². The summed E-state index contributed by atoms with van der Waals surface area (Å²) in [6.45, 7) is 1.64. The van der Waals surface area contributed by atoms with Gasteiger partial charge in [0.25, 0.3) is 0 Å². The van der Waals surface area contributed by atoms with Gasteiger partial charge in [-0.25, -0.2) is 0 Å². The van der Waals surface area contributed by atoms with Gasteiger partial charge in [0, 0.05) is 6.42 Å². The number of ether oxygens (including phenoxy) is 1. The zero-order valence-corrected chi connectivity index (χ0v) is 7.01. The summed E-state index contributed by atoms with van der Waals surface area (Å²) in [5.74, 6) is 0.722. The highest BCUT2D eigenvalue weighted by Gasteiger charge is 2.26. The Morgan fingerprint density at radius 3 is 3.17 bits per heavy atom. The van der Waals surface area contributed by atoms with E-state index < -0.39 is 0 Å². The zero-order chi connectivity index (χ0) is 8.39.